The molecule has 0 atom stereocenters. The lowest BCUT2D eigenvalue weighted by Crippen LogP contribution is -2.13. The van der Waals surface area contributed by atoms with Crippen molar-refractivity contribution in [1.82, 2.24) is 0 Å². The number of carboxylic acids is 1. The smallest absolute Gasteiger partial charge is 0.303 e. The molecule has 0 bridgehead atoms. The number of benzene rings is 1. The van der Waals surface area contributed by atoms with Crippen molar-refractivity contribution in [3.8, 4) is 0 Å². The van der Waals surface area contributed by atoms with Crippen LogP contribution in [0.3, 0.4) is 0 Å². The molecule has 1 aromatic carbocycles. The van der Waals surface area contributed by atoms with E-state index < -0.39 is 5.97 Å². The molecule has 0 aromatic heterocycles. The van der Waals surface area contributed by atoms with E-state index in [-0.39, 0.29) is 18.2 Å². The molecular weight excluding hydrogens is 218 g/mol. The van der Waals surface area contributed by atoms with Crippen LogP contribution >= 0.6 is 0 Å². The summed E-state index contributed by atoms with van der Waals surface area (Å²) in [6.07, 6.45) is 2.63. The van der Waals surface area contributed by atoms with Crippen molar-refractivity contribution in [2.75, 3.05) is 5.32 Å². The van der Waals surface area contributed by atoms with Crippen LogP contribution in [0.15, 0.2) is 24.3 Å². The van der Waals surface area contributed by atoms with Gasteiger partial charge in [0.15, 0.2) is 0 Å². The monoisotopic (exact) mass is 233 g/mol. The quantitative estimate of drug-likeness (QED) is 0.818. The lowest BCUT2D eigenvalue weighted by Gasteiger charge is -2.05. The van der Waals surface area contributed by atoms with Gasteiger partial charge in [-0.2, -0.15) is 0 Å². The first-order valence-electron chi connectivity index (χ1n) is 5.77. The number of hydrogen-bond acceptors (Lipinski definition) is 2. The number of carbonyl (C=O) groups is 2. The molecule has 0 radical (unpaired) electrons. The first kappa shape index (κ1) is 11.6. The molecule has 0 heterocycles. The summed E-state index contributed by atoms with van der Waals surface area (Å²) >= 11 is 0. The summed E-state index contributed by atoms with van der Waals surface area (Å²) in [7, 11) is 0. The third-order valence-corrected chi connectivity index (χ3v) is 2.80. The third kappa shape index (κ3) is 3.59. The van der Waals surface area contributed by atoms with Gasteiger partial charge in [0.2, 0.25) is 5.91 Å². The highest BCUT2D eigenvalue weighted by atomic mass is 16.4. The molecule has 0 saturated heterocycles. The molecule has 4 nitrogen and oxygen atoms in total. The SMILES string of the molecule is O=C(O)CCc1ccc(NC(=O)C2CC2)cc1. The number of carbonyl (C=O) groups excluding carboxylic acids is 1. The number of nitrogens with one attached hydrogen (secondary N) is 1. The first-order chi connectivity index (χ1) is 8.15. The minimum Gasteiger partial charge on any atom is -0.481 e. The van der Waals surface area contributed by atoms with Crippen LogP contribution in [0.5, 0.6) is 0 Å². The summed E-state index contributed by atoms with van der Waals surface area (Å²) in [4.78, 5) is 21.9. The van der Waals surface area contributed by atoms with Crippen LogP contribution in [0, 0.1) is 5.92 Å². The summed E-state index contributed by atoms with van der Waals surface area (Å²) in [5.74, 6) is -0.513. The van der Waals surface area contributed by atoms with E-state index in [0.717, 1.165) is 24.1 Å². The fourth-order valence-corrected chi connectivity index (χ4v) is 1.60. The number of aryl methyl sites for hydroxylation is 1. The molecule has 2 rings (SSSR count). The van der Waals surface area contributed by atoms with E-state index in [1.807, 2.05) is 24.3 Å². The normalized spacial score (nSPS) is 14.4. The zero-order chi connectivity index (χ0) is 12.3. The van der Waals surface area contributed by atoms with Gasteiger partial charge >= 0.3 is 5.97 Å². The van der Waals surface area contributed by atoms with Crippen LogP contribution in [0.1, 0.15) is 24.8 Å². The second-order valence-corrected chi connectivity index (χ2v) is 4.35. The molecule has 0 aliphatic heterocycles. The van der Waals surface area contributed by atoms with Gasteiger partial charge in [-0.05, 0) is 37.0 Å². The van der Waals surface area contributed by atoms with E-state index in [0.29, 0.717) is 6.42 Å². The lowest BCUT2D eigenvalue weighted by molar-refractivity contribution is -0.137. The highest BCUT2D eigenvalue weighted by Crippen LogP contribution is 2.30. The van der Waals surface area contributed by atoms with E-state index >= 15 is 0 Å². The van der Waals surface area contributed by atoms with Gasteiger partial charge in [0, 0.05) is 18.0 Å². The Morgan fingerprint density at radius 3 is 2.41 bits per heavy atom. The van der Waals surface area contributed by atoms with Crippen LogP contribution in [0.2, 0.25) is 0 Å². The predicted octanol–water partition coefficient (Wildman–Crippen LogP) is 2.05. The summed E-state index contributed by atoms with van der Waals surface area (Å²) in [6.45, 7) is 0. The number of amides is 1. The Hall–Kier alpha value is -1.84. The predicted molar refractivity (Wildman–Crippen MR) is 63.8 cm³/mol. The van der Waals surface area contributed by atoms with Crippen LogP contribution in [0.25, 0.3) is 0 Å². The maximum absolute atomic E-state index is 11.5. The van der Waals surface area contributed by atoms with Crippen molar-refractivity contribution in [3.05, 3.63) is 29.8 Å². The topological polar surface area (TPSA) is 66.4 Å². The molecule has 1 aliphatic carbocycles. The van der Waals surface area contributed by atoms with Gasteiger partial charge in [-0.1, -0.05) is 12.1 Å². The molecule has 1 amide bonds. The lowest BCUT2D eigenvalue weighted by atomic mass is 10.1. The van der Waals surface area contributed by atoms with Crippen LogP contribution in [-0.2, 0) is 16.0 Å². The average molecular weight is 233 g/mol. The second kappa shape index (κ2) is 4.99. The Morgan fingerprint density at radius 1 is 1.24 bits per heavy atom. The number of aliphatic carboxylic acids is 1. The van der Waals surface area contributed by atoms with Gasteiger partial charge in [0.1, 0.15) is 0 Å². The Bertz CT molecular complexity index is 421. The summed E-state index contributed by atoms with van der Waals surface area (Å²) in [6, 6.07) is 7.34. The standard InChI is InChI=1S/C13H15NO3/c15-12(16)8-3-9-1-6-11(7-2-9)14-13(17)10-4-5-10/h1-2,6-7,10H,3-5,8H2,(H,14,17)(H,15,16). The maximum Gasteiger partial charge on any atom is 0.303 e. The average Bonchev–Trinajstić information content (AvgIpc) is 3.12. The molecule has 1 saturated carbocycles. The van der Waals surface area contributed by atoms with E-state index in [1.54, 1.807) is 0 Å². The van der Waals surface area contributed by atoms with Crippen molar-refractivity contribution in [2.24, 2.45) is 5.92 Å². The summed E-state index contributed by atoms with van der Waals surface area (Å²) in [5.41, 5.74) is 1.75. The second-order valence-electron chi connectivity index (χ2n) is 4.35. The Kier molecular flexibility index (Phi) is 3.42. The highest BCUT2D eigenvalue weighted by molar-refractivity contribution is 5.94. The Balaban J connectivity index is 1.88. The zero-order valence-corrected chi connectivity index (χ0v) is 9.48. The van der Waals surface area contributed by atoms with Gasteiger partial charge in [0.25, 0.3) is 0 Å². The van der Waals surface area contributed by atoms with Gasteiger partial charge in [0.05, 0.1) is 0 Å². The molecular formula is C13H15NO3. The van der Waals surface area contributed by atoms with Crippen LogP contribution in [-0.4, -0.2) is 17.0 Å². The zero-order valence-electron chi connectivity index (χ0n) is 9.48. The Morgan fingerprint density at radius 2 is 1.88 bits per heavy atom. The van der Waals surface area contributed by atoms with Crippen molar-refractivity contribution in [1.29, 1.82) is 0 Å². The maximum atomic E-state index is 11.5. The minimum atomic E-state index is -0.795. The minimum absolute atomic E-state index is 0.0864. The van der Waals surface area contributed by atoms with Crippen LogP contribution in [0.4, 0.5) is 5.69 Å². The molecule has 1 fully saturated rings. The fourth-order valence-electron chi connectivity index (χ4n) is 1.60. The van der Waals surface area contributed by atoms with Crippen LogP contribution < -0.4 is 5.32 Å². The molecule has 90 valence electrons. The number of anilines is 1. The van der Waals surface area contributed by atoms with Crippen molar-refractivity contribution >= 4 is 17.6 Å². The number of carboxylic acid groups (broad SMARTS) is 1. The number of hydrogen-bond donors (Lipinski definition) is 2. The largest absolute Gasteiger partial charge is 0.481 e. The molecule has 1 aliphatic rings. The summed E-state index contributed by atoms with van der Waals surface area (Å²) < 4.78 is 0. The fraction of sp³-hybridized carbons (Fsp3) is 0.385. The highest BCUT2D eigenvalue weighted by Gasteiger charge is 2.29. The van der Waals surface area contributed by atoms with E-state index in [9.17, 15) is 9.59 Å². The van der Waals surface area contributed by atoms with Crippen molar-refractivity contribution in [3.63, 3.8) is 0 Å². The van der Waals surface area contributed by atoms with Crippen molar-refractivity contribution in [2.45, 2.75) is 25.7 Å². The van der Waals surface area contributed by atoms with E-state index in [4.69, 9.17) is 5.11 Å². The molecule has 0 unspecified atom stereocenters. The van der Waals surface area contributed by atoms with Gasteiger partial charge < -0.3 is 10.4 Å². The first-order valence-corrected chi connectivity index (χ1v) is 5.77. The van der Waals surface area contributed by atoms with E-state index in [1.165, 1.54) is 0 Å². The Labute approximate surface area is 99.6 Å². The van der Waals surface area contributed by atoms with Crippen molar-refractivity contribution < 1.29 is 14.7 Å². The summed E-state index contributed by atoms with van der Waals surface area (Å²) in [5, 5.41) is 11.4. The third-order valence-electron chi connectivity index (χ3n) is 2.80. The van der Waals surface area contributed by atoms with E-state index in [2.05, 4.69) is 5.32 Å². The molecule has 2 N–H and O–H groups in total. The molecule has 0 spiro atoms. The molecule has 4 heteroatoms. The van der Waals surface area contributed by atoms with Gasteiger partial charge in [-0.15, -0.1) is 0 Å². The molecule has 17 heavy (non-hydrogen) atoms. The number of rotatable bonds is 5. The molecule has 1 aromatic rings. The van der Waals surface area contributed by atoms with Gasteiger partial charge in [-0.3, -0.25) is 9.59 Å². The van der Waals surface area contributed by atoms with Gasteiger partial charge in [-0.25, -0.2) is 0 Å².